The van der Waals surface area contributed by atoms with Crippen molar-refractivity contribution in [2.75, 3.05) is 13.7 Å². The number of hydrogen-bond acceptors (Lipinski definition) is 5. The lowest BCUT2D eigenvalue weighted by Crippen LogP contribution is -2.25. The second-order valence-corrected chi connectivity index (χ2v) is 5.44. The van der Waals surface area contributed by atoms with Crippen molar-refractivity contribution in [1.82, 2.24) is 4.72 Å². The molecule has 2 N–H and O–H groups in total. The molecular weight excluding hydrogens is 296 g/mol. The lowest BCUT2D eigenvalue weighted by molar-refractivity contribution is 0.0693. The molecule has 0 saturated carbocycles. The quantitative estimate of drug-likeness (QED) is 0.779. The van der Waals surface area contributed by atoms with Crippen LogP contribution in [0.5, 0.6) is 5.75 Å². The van der Waals surface area contributed by atoms with Gasteiger partial charge in [-0.3, -0.25) is 0 Å². The molecule has 102 valence electrons. The number of methoxy groups -OCH3 is 1. The van der Waals surface area contributed by atoms with E-state index in [0.717, 1.165) is 19.2 Å². The number of aromatic carboxylic acids is 1. The predicted octanol–water partition coefficient (Wildman–Crippen LogP) is 0.849. The number of ether oxygens (including phenoxy) is 1. The van der Waals surface area contributed by atoms with Crippen molar-refractivity contribution in [3.05, 3.63) is 22.7 Å². The molecule has 0 bridgehead atoms. The fourth-order valence-electron chi connectivity index (χ4n) is 1.34. The predicted molar refractivity (Wildman–Crippen MR) is 65.8 cm³/mol. The van der Waals surface area contributed by atoms with E-state index in [1.807, 2.05) is 4.72 Å². The molecule has 0 radical (unpaired) electrons. The Morgan fingerprint density at radius 2 is 2.21 bits per heavy atom. The smallest absolute Gasteiger partial charge is 0.339 e. The van der Waals surface area contributed by atoms with Crippen LogP contribution in [0, 0.1) is 11.3 Å². The van der Waals surface area contributed by atoms with Crippen LogP contribution in [-0.4, -0.2) is 33.1 Å². The van der Waals surface area contributed by atoms with Gasteiger partial charge >= 0.3 is 5.97 Å². The number of hydrogen-bond donors (Lipinski definition) is 2. The fourth-order valence-corrected chi connectivity index (χ4v) is 2.76. The van der Waals surface area contributed by atoms with Gasteiger partial charge in [0.1, 0.15) is 10.5 Å². The first-order chi connectivity index (χ1) is 8.83. The number of nitrogens with zero attached hydrogens (tertiary/aromatic N) is 1. The topological polar surface area (TPSA) is 116 Å². The molecule has 1 aromatic rings. The van der Waals surface area contributed by atoms with E-state index in [4.69, 9.17) is 26.7 Å². The third-order valence-electron chi connectivity index (χ3n) is 2.08. The Balaban J connectivity index is 3.51. The van der Waals surface area contributed by atoms with Gasteiger partial charge in [-0.05, 0) is 12.1 Å². The van der Waals surface area contributed by atoms with Crippen LogP contribution in [0.2, 0.25) is 5.02 Å². The summed E-state index contributed by atoms with van der Waals surface area (Å²) in [6.45, 7) is -0.458. The Morgan fingerprint density at radius 1 is 1.58 bits per heavy atom. The largest absolute Gasteiger partial charge is 0.494 e. The number of carboxylic acids is 1. The van der Waals surface area contributed by atoms with Crippen molar-refractivity contribution in [2.24, 2.45) is 0 Å². The van der Waals surface area contributed by atoms with Crippen LogP contribution in [0.25, 0.3) is 0 Å². The molecule has 0 aromatic heterocycles. The van der Waals surface area contributed by atoms with Gasteiger partial charge in [0.2, 0.25) is 10.0 Å². The summed E-state index contributed by atoms with van der Waals surface area (Å²) in [5.74, 6) is -1.72. The minimum absolute atomic E-state index is 0.0736. The van der Waals surface area contributed by atoms with Gasteiger partial charge in [0.05, 0.1) is 19.7 Å². The van der Waals surface area contributed by atoms with E-state index in [1.165, 1.54) is 0 Å². The van der Waals surface area contributed by atoms with Crippen molar-refractivity contribution in [1.29, 1.82) is 5.26 Å². The average Bonchev–Trinajstić information content (AvgIpc) is 2.35. The minimum atomic E-state index is -4.09. The van der Waals surface area contributed by atoms with Gasteiger partial charge in [-0.1, -0.05) is 11.6 Å². The Bertz CT molecular complexity index is 651. The molecule has 0 aliphatic carbocycles. The Morgan fingerprint density at radius 3 is 2.68 bits per heavy atom. The number of rotatable bonds is 5. The summed E-state index contributed by atoms with van der Waals surface area (Å²) in [5.41, 5.74) is -0.382. The van der Waals surface area contributed by atoms with Gasteiger partial charge in [0.25, 0.3) is 0 Å². The van der Waals surface area contributed by atoms with Crippen LogP contribution in [0.15, 0.2) is 17.0 Å². The first-order valence-electron chi connectivity index (χ1n) is 4.81. The summed E-state index contributed by atoms with van der Waals surface area (Å²) >= 11 is 5.69. The molecule has 19 heavy (non-hydrogen) atoms. The van der Waals surface area contributed by atoms with E-state index in [2.05, 4.69) is 0 Å². The monoisotopic (exact) mass is 304 g/mol. The first-order valence-corrected chi connectivity index (χ1v) is 6.67. The maximum Gasteiger partial charge on any atom is 0.339 e. The minimum Gasteiger partial charge on any atom is -0.494 e. The highest BCUT2D eigenvalue weighted by molar-refractivity contribution is 7.89. The lowest BCUT2D eigenvalue weighted by atomic mass is 10.2. The van der Waals surface area contributed by atoms with Crippen LogP contribution < -0.4 is 9.46 Å². The lowest BCUT2D eigenvalue weighted by Gasteiger charge is -2.12. The van der Waals surface area contributed by atoms with Crippen molar-refractivity contribution >= 4 is 27.6 Å². The molecule has 0 atom stereocenters. The average molecular weight is 305 g/mol. The molecule has 1 rings (SSSR count). The summed E-state index contributed by atoms with van der Waals surface area (Å²) in [6.07, 6.45) is 0. The van der Waals surface area contributed by atoms with E-state index in [0.29, 0.717) is 0 Å². The van der Waals surface area contributed by atoms with Gasteiger partial charge in [-0.15, -0.1) is 0 Å². The number of nitrogens with one attached hydrogen (secondary N) is 1. The second kappa shape index (κ2) is 5.88. The van der Waals surface area contributed by atoms with Gasteiger partial charge in [0.15, 0.2) is 5.75 Å². The normalized spacial score (nSPS) is 10.8. The molecule has 0 aliphatic heterocycles. The van der Waals surface area contributed by atoms with E-state index in [1.54, 1.807) is 6.07 Å². The number of nitriles is 1. The summed E-state index contributed by atoms with van der Waals surface area (Å²) in [7, 11) is -2.95. The molecule has 0 aliphatic rings. The van der Waals surface area contributed by atoms with E-state index < -0.39 is 27.4 Å². The molecular formula is C10H9ClN2O5S. The maximum absolute atomic E-state index is 11.9. The molecule has 0 unspecified atom stereocenters. The zero-order valence-corrected chi connectivity index (χ0v) is 11.2. The molecule has 0 saturated heterocycles. The van der Waals surface area contributed by atoms with Crippen LogP contribution in [-0.2, 0) is 10.0 Å². The number of benzene rings is 1. The Hall–Kier alpha value is -1.82. The van der Waals surface area contributed by atoms with Crippen molar-refractivity contribution < 1.29 is 23.1 Å². The van der Waals surface area contributed by atoms with Crippen molar-refractivity contribution in [3.63, 3.8) is 0 Å². The second-order valence-electron chi connectivity index (χ2n) is 3.27. The standard InChI is InChI=1S/C10H9ClN2O5S/c1-18-9-7(10(14)15)4-6(11)5-8(9)19(16,17)13-3-2-12/h4-5,13H,3H2,1H3,(H,14,15). The molecule has 0 fully saturated rings. The fraction of sp³-hybridized carbons (Fsp3) is 0.200. The Kier molecular flexibility index (Phi) is 4.72. The zero-order valence-electron chi connectivity index (χ0n) is 9.68. The highest BCUT2D eigenvalue weighted by atomic mass is 35.5. The number of sulfonamides is 1. The van der Waals surface area contributed by atoms with Gasteiger partial charge in [-0.25, -0.2) is 13.2 Å². The van der Waals surface area contributed by atoms with Gasteiger partial charge in [-0.2, -0.15) is 9.98 Å². The summed E-state index contributed by atoms with van der Waals surface area (Å²) in [4.78, 5) is 10.6. The van der Waals surface area contributed by atoms with Crippen LogP contribution >= 0.6 is 11.6 Å². The molecule has 7 nitrogen and oxygen atoms in total. The number of halogens is 1. The summed E-state index contributed by atoms with van der Waals surface area (Å²) < 4.78 is 30.6. The summed E-state index contributed by atoms with van der Waals surface area (Å²) in [6, 6.07) is 3.73. The highest BCUT2D eigenvalue weighted by Gasteiger charge is 2.25. The molecule has 0 spiro atoms. The number of carboxylic acid groups (broad SMARTS) is 1. The molecule has 0 heterocycles. The van der Waals surface area contributed by atoms with Crippen LogP contribution in [0.3, 0.4) is 0 Å². The molecule has 1 aromatic carbocycles. The van der Waals surface area contributed by atoms with E-state index in [9.17, 15) is 13.2 Å². The zero-order chi connectivity index (χ0) is 14.6. The third-order valence-corrected chi connectivity index (χ3v) is 3.71. The SMILES string of the molecule is COc1c(C(=O)O)cc(Cl)cc1S(=O)(=O)NCC#N. The molecule has 0 amide bonds. The van der Waals surface area contributed by atoms with Gasteiger partial charge in [0, 0.05) is 5.02 Å². The highest BCUT2D eigenvalue weighted by Crippen LogP contribution is 2.31. The van der Waals surface area contributed by atoms with Crippen LogP contribution in [0.4, 0.5) is 0 Å². The summed E-state index contributed by atoms with van der Waals surface area (Å²) in [5, 5.41) is 17.3. The number of carbonyl (C=O) groups is 1. The van der Waals surface area contributed by atoms with Gasteiger partial charge < -0.3 is 9.84 Å². The van der Waals surface area contributed by atoms with Crippen molar-refractivity contribution in [2.45, 2.75) is 4.90 Å². The third kappa shape index (κ3) is 3.35. The Labute approximate surface area is 114 Å². The van der Waals surface area contributed by atoms with E-state index >= 15 is 0 Å². The van der Waals surface area contributed by atoms with Crippen molar-refractivity contribution in [3.8, 4) is 11.8 Å². The van der Waals surface area contributed by atoms with E-state index in [-0.39, 0.29) is 16.3 Å². The molecule has 9 heteroatoms. The first kappa shape index (κ1) is 15.2. The van der Waals surface area contributed by atoms with Crippen LogP contribution in [0.1, 0.15) is 10.4 Å². The maximum atomic E-state index is 11.9.